The number of allylic oxidation sites excluding steroid dienone is 2. The highest BCUT2D eigenvalue weighted by atomic mass is 16.5. The van der Waals surface area contributed by atoms with E-state index in [4.69, 9.17) is 4.74 Å². The first-order valence-electron chi connectivity index (χ1n) is 10.7. The first kappa shape index (κ1) is 17.1. The van der Waals surface area contributed by atoms with E-state index in [2.05, 4.69) is 69.3 Å². The van der Waals surface area contributed by atoms with Crippen molar-refractivity contribution in [3.8, 4) is 16.9 Å². The van der Waals surface area contributed by atoms with Gasteiger partial charge in [0.2, 0.25) is 0 Å². The van der Waals surface area contributed by atoms with Crippen LogP contribution in [0.15, 0.2) is 54.1 Å². The normalized spacial score (nSPS) is 31.1. The molecule has 0 saturated heterocycles. The molecule has 4 unspecified atom stereocenters. The fourth-order valence-corrected chi connectivity index (χ4v) is 6.20. The highest BCUT2D eigenvalue weighted by Gasteiger charge is 2.47. The zero-order valence-corrected chi connectivity index (χ0v) is 16.8. The molecule has 0 amide bonds. The van der Waals surface area contributed by atoms with Crippen LogP contribution in [0, 0.1) is 17.8 Å². The molecule has 2 aromatic carbocycles. The maximum Gasteiger partial charge on any atom is 0.119 e. The molecule has 2 bridgehead atoms. The van der Waals surface area contributed by atoms with Crippen molar-refractivity contribution in [2.24, 2.45) is 17.8 Å². The molecule has 0 aliphatic heterocycles. The van der Waals surface area contributed by atoms with Crippen molar-refractivity contribution < 1.29 is 4.74 Å². The van der Waals surface area contributed by atoms with Crippen LogP contribution in [0.4, 0.5) is 0 Å². The Hall–Kier alpha value is -2.02. The van der Waals surface area contributed by atoms with Crippen molar-refractivity contribution in [1.29, 1.82) is 0 Å². The van der Waals surface area contributed by atoms with Crippen molar-refractivity contribution in [2.75, 3.05) is 6.61 Å². The largest absolute Gasteiger partial charge is 0.494 e. The number of hydrogen-bond acceptors (Lipinski definition) is 1. The second kappa shape index (κ2) is 6.26. The standard InChI is InChI=1S/C26H30O/c1-4-27-21-9-10-23-22-7-5-6-8-24(22)26(25(23)15-21)12-11-19-14-20(13-17(19)2)18(3)16-26/h5-10,13,15,18-20H,4,11-12,14,16H2,1-3H3. The number of ether oxygens (including phenoxy) is 1. The predicted octanol–water partition coefficient (Wildman–Crippen LogP) is 6.75. The maximum atomic E-state index is 5.91. The van der Waals surface area contributed by atoms with Gasteiger partial charge in [-0.25, -0.2) is 0 Å². The molecule has 0 heterocycles. The Morgan fingerprint density at radius 3 is 2.74 bits per heavy atom. The maximum absolute atomic E-state index is 5.91. The number of hydrogen-bond donors (Lipinski definition) is 0. The fourth-order valence-electron chi connectivity index (χ4n) is 6.20. The number of fused-ring (bicyclic) bond motifs is 7. The van der Waals surface area contributed by atoms with Gasteiger partial charge in [0, 0.05) is 5.41 Å². The van der Waals surface area contributed by atoms with Gasteiger partial charge >= 0.3 is 0 Å². The Morgan fingerprint density at radius 1 is 1.07 bits per heavy atom. The highest BCUT2D eigenvalue weighted by molar-refractivity contribution is 5.81. The van der Waals surface area contributed by atoms with Gasteiger partial charge in [-0.1, -0.05) is 48.9 Å². The van der Waals surface area contributed by atoms with E-state index in [0.717, 1.165) is 24.2 Å². The van der Waals surface area contributed by atoms with Crippen LogP contribution in [0.25, 0.3) is 11.1 Å². The summed E-state index contributed by atoms with van der Waals surface area (Å²) >= 11 is 0. The highest BCUT2D eigenvalue weighted by Crippen LogP contribution is 2.58. The molecule has 0 N–H and O–H groups in total. The van der Waals surface area contributed by atoms with Crippen molar-refractivity contribution in [1.82, 2.24) is 0 Å². The molecular weight excluding hydrogens is 328 g/mol. The molecule has 3 aliphatic rings. The second-order valence-corrected chi connectivity index (χ2v) is 9.00. The van der Waals surface area contributed by atoms with E-state index in [1.165, 1.54) is 42.4 Å². The average Bonchev–Trinajstić information content (AvgIpc) is 3.18. The lowest BCUT2D eigenvalue weighted by Gasteiger charge is -2.39. The predicted molar refractivity (Wildman–Crippen MR) is 112 cm³/mol. The summed E-state index contributed by atoms with van der Waals surface area (Å²) in [5.41, 5.74) is 7.73. The van der Waals surface area contributed by atoms with Gasteiger partial charge in [0.25, 0.3) is 0 Å². The van der Waals surface area contributed by atoms with Crippen molar-refractivity contribution in [2.45, 2.75) is 51.9 Å². The summed E-state index contributed by atoms with van der Waals surface area (Å²) in [5, 5.41) is 0. The van der Waals surface area contributed by atoms with Crippen LogP contribution in [0.5, 0.6) is 5.75 Å². The molecule has 5 rings (SSSR count). The SMILES string of the molecule is CCOc1ccc2c(c1)C1(CCC3CC(C=C3C)C(C)C1)c1ccccc1-2. The van der Waals surface area contributed by atoms with Gasteiger partial charge in [-0.2, -0.15) is 0 Å². The Morgan fingerprint density at radius 2 is 1.89 bits per heavy atom. The van der Waals surface area contributed by atoms with Crippen LogP contribution in [0.2, 0.25) is 0 Å². The monoisotopic (exact) mass is 358 g/mol. The van der Waals surface area contributed by atoms with Gasteiger partial charge in [-0.15, -0.1) is 0 Å². The molecule has 4 atom stereocenters. The zero-order chi connectivity index (χ0) is 18.6. The molecule has 1 nitrogen and oxygen atoms in total. The van der Waals surface area contributed by atoms with Gasteiger partial charge < -0.3 is 4.74 Å². The second-order valence-electron chi connectivity index (χ2n) is 9.00. The van der Waals surface area contributed by atoms with Crippen LogP contribution in [0.1, 0.15) is 57.6 Å². The molecule has 1 fully saturated rings. The average molecular weight is 359 g/mol. The Kier molecular flexibility index (Phi) is 3.96. The third-order valence-corrected chi connectivity index (χ3v) is 7.55. The topological polar surface area (TPSA) is 9.23 Å². The van der Waals surface area contributed by atoms with Crippen LogP contribution in [0.3, 0.4) is 0 Å². The lowest BCUT2D eigenvalue weighted by Crippen LogP contribution is -2.32. The van der Waals surface area contributed by atoms with E-state index in [9.17, 15) is 0 Å². The summed E-state index contributed by atoms with van der Waals surface area (Å²) in [7, 11) is 0. The van der Waals surface area contributed by atoms with Crippen molar-refractivity contribution in [3.63, 3.8) is 0 Å². The summed E-state index contributed by atoms with van der Waals surface area (Å²) in [6.45, 7) is 7.64. The summed E-state index contributed by atoms with van der Waals surface area (Å²) in [6, 6.07) is 16.0. The van der Waals surface area contributed by atoms with Gasteiger partial charge in [0.1, 0.15) is 5.75 Å². The molecule has 27 heavy (non-hydrogen) atoms. The third kappa shape index (κ3) is 2.51. The minimum atomic E-state index is 0.147. The Bertz CT molecular complexity index is 908. The van der Waals surface area contributed by atoms with Crippen LogP contribution < -0.4 is 4.74 Å². The molecule has 3 aliphatic carbocycles. The first-order valence-corrected chi connectivity index (χ1v) is 10.7. The number of rotatable bonds is 2. The molecule has 1 heteroatoms. The number of benzene rings is 2. The molecule has 1 saturated carbocycles. The minimum Gasteiger partial charge on any atom is -0.494 e. The van der Waals surface area contributed by atoms with Crippen molar-refractivity contribution >= 4 is 0 Å². The quantitative estimate of drug-likeness (QED) is 0.539. The Balaban J connectivity index is 1.68. The smallest absolute Gasteiger partial charge is 0.119 e. The lowest BCUT2D eigenvalue weighted by molar-refractivity contribution is 0.248. The van der Waals surface area contributed by atoms with Crippen LogP contribution >= 0.6 is 0 Å². The first-order chi connectivity index (χ1) is 13.1. The molecule has 140 valence electrons. The van der Waals surface area contributed by atoms with Gasteiger partial charge in [-0.3, -0.25) is 0 Å². The molecular formula is C26H30O. The molecule has 0 radical (unpaired) electrons. The van der Waals surface area contributed by atoms with Crippen LogP contribution in [-0.4, -0.2) is 6.61 Å². The van der Waals surface area contributed by atoms with E-state index >= 15 is 0 Å². The summed E-state index contributed by atoms with van der Waals surface area (Å²) in [4.78, 5) is 0. The van der Waals surface area contributed by atoms with Crippen molar-refractivity contribution in [3.05, 3.63) is 65.2 Å². The minimum absolute atomic E-state index is 0.147. The van der Waals surface area contributed by atoms with Crippen LogP contribution in [-0.2, 0) is 5.41 Å². The summed E-state index contributed by atoms with van der Waals surface area (Å²) in [6.07, 6.45) is 7.76. The van der Waals surface area contributed by atoms with E-state index in [-0.39, 0.29) is 5.41 Å². The Labute approximate surface area is 163 Å². The summed E-state index contributed by atoms with van der Waals surface area (Å²) < 4.78 is 5.91. The van der Waals surface area contributed by atoms with Gasteiger partial charge in [0.05, 0.1) is 6.61 Å². The van der Waals surface area contributed by atoms with E-state index in [1.807, 2.05) is 0 Å². The third-order valence-electron chi connectivity index (χ3n) is 7.55. The van der Waals surface area contributed by atoms with E-state index < -0.39 is 0 Å². The molecule has 1 spiro atoms. The van der Waals surface area contributed by atoms with E-state index in [1.54, 1.807) is 11.1 Å². The molecule has 0 aromatic heterocycles. The van der Waals surface area contributed by atoms with Gasteiger partial charge in [-0.05, 0) is 91.7 Å². The zero-order valence-electron chi connectivity index (χ0n) is 16.8. The van der Waals surface area contributed by atoms with Gasteiger partial charge in [0.15, 0.2) is 0 Å². The lowest BCUT2D eigenvalue weighted by atomic mass is 9.64. The van der Waals surface area contributed by atoms with E-state index in [0.29, 0.717) is 5.92 Å². The summed E-state index contributed by atoms with van der Waals surface area (Å²) in [5.74, 6) is 3.26. The fraction of sp³-hybridized carbons (Fsp3) is 0.462. The molecule has 2 aromatic rings.